The summed E-state index contributed by atoms with van der Waals surface area (Å²) in [4.78, 5) is 11.4. The van der Waals surface area contributed by atoms with Crippen LogP contribution in [-0.2, 0) is 11.8 Å². The predicted molar refractivity (Wildman–Crippen MR) is 50.5 cm³/mol. The average Bonchev–Trinajstić information content (AvgIpc) is 2.60. The van der Waals surface area contributed by atoms with Crippen LogP contribution in [0.25, 0.3) is 0 Å². The van der Waals surface area contributed by atoms with Crippen molar-refractivity contribution < 1.29 is 4.79 Å². The molecule has 0 radical (unpaired) electrons. The highest BCUT2D eigenvalue weighted by Crippen LogP contribution is 2.31. The van der Waals surface area contributed by atoms with Gasteiger partial charge in [0.1, 0.15) is 0 Å². The van der Waals surface area contributed by atoms with Gasteiger partial charge in [0, 0.05) is 31.1 Å². The standard InChI is InChI=1S/C9H14N4O/c1-5-8(6(2)10-9(5)14)7-4-13(3)12-11-7/h4-6,8H,1-3H3,(H,10,14). The summed E-state index contributed by atoms with van der Waals surface area (Å²) in [6.45, 7) is 3.93. The van der Waals surface area contributed by atoms with Crippen molar-refractivity contribution in [3.63, 3.8) is 0 Å². The maximum atomic E-state index is 11.4. The zero-order valence-corrected chi connectivity index (χ0v) is 8.56. The number of nitrogens with zero attached hydrogens (tertiary/aromatic N) is 3. The van der Waals surface area contributed by atoms with E-state index in [0.717, 1.165) is 5.69 Å². The molecule has 1 amide bonds. The normalized spacial score (nSPS) is 31.9. The van der Waals surface area contributed by atoms with Gasteiger partial charge in [-0.25, -0.2) is 0 Å². The van der Waals surface area contributed by atoms with Crippen molar-refractivity contribution in [3.8, 4) is 0 Å². The summed E-state index contributed by atoms with van der Waals surface area (Å²) in [5, 5.41) is 10.8. The van der Waals surface area contributed by atoms with Crippen LogP contribution < -0.4 is 5.32 Å². The molecule has 1 aliphatic heterocycles. The summed E-state index contributed by atoms with van der Waals surface area (Å²) in [5.74, 6) is 0.242. The minimum atomic E-state index is -0.0123. The van der Waals surface area contributed by atoms with Gasteiger partial charge in [-0.1, -0.05) is 12.1 Å². The van der Waals surface area contributed by atoms with E-state index in [1.807, 2.05) is 27.1 Å². The number of amides is 1. The molecule has 3 unspecified atom stereocenters. The molecule has 2 heterocycles. The van der Waals surface area contributed by atoms with Gasteiger partial charge in [-0.2, -0.15) is 0 Å². The van der Waals surface area contributed by atoms with E-state index < -0.39 is 0 Å². The number of aryl methyl sites for hydroxylation is 1. The van der Waals surface area contributed by atoms with Crippen LogP contribution in [0.5, 0.6) is 0 Å². The van der Waals surface area contributed by atoms with Crippen LogP contribution in [0.2, 0.25) is 0 Å². The number of nitrogens with one attached hydrogen (secondary N) is 1. The van der Waals surface area contributed by atoms with Crippen molar-refractivity contribution in [2.45, 2.75) is 25.8 Å². The molecular weight excluding hydrogens is 180 g/mol. The maximum Gasteiger partial charge on any atom is 0.223 e. The third-order valence-corrected chi connectivity index (χ3v) is 2.82. The molecule has 5 nitrogen and oxygen atoms in total. The summed E-state index contributed by atoms with van der Waals surface area (Å²) in [5.41, 5.74) is 0.894. The minimum absolute atomic E-state index is 0.0123. The summed E-state index contributed by atoms with van der Waals surface area (Å²) in [6.07, 6.45) is 1.87. The lowest BCUT2D eigenvalue weighted by Crippen LogP contribution is -2.24. The van der Waals surface area contributed by atoms with Crippen molar-refractivity contribution >= 4 is 5.91 Å². The Morgan fingerprint density at radius 2 is 2.21 bits per heavy atom. The molecule has 14 heavy (non-hydrogen) atoms. The second-order valence-electron chi connectivity index (χ2n) is 3.93. The Morgan fingerprint density at radius 3 is 2.64 bits per heavy atom. The number of rotatable bonds is 1. The molecule has 2 rings (SSSR count). The van der Waals surface area contributed by atoms with Gasteiger partial charge in [0.05, 0.1) is 5.69 Å². The van der Waals surface area contributed by atoms with E-state index in [0.29, 0.717) is 0 Å². The van der Waals surface area contributed by atoms with Gasteiger partial charge in [0.25, 0.3) is 0 Å². The molecule has 0 bridgehead atoms. The van der Waals surface area contributed by atoms with Gasteiger partial charge < -0.3 is 5.32 Å². The zero-order chi connectivity index (χ0) is 10.3. The van der Waals surface area contributed by atoms with Crippen LogP contribution in [0.15, 0.2) is 6.20 Å². The van der Waals surface area contributed by atoms with Crippen LogP contribution in [0.1, 0.15) is 25.5 Å². The molecule has 1 aliphatic rings. The molecule has 1 aromatic rings. The van der Waals surface area contributed by atoms with E-state index in [2.05, 4.69) is 15.6 Å². The summed E-state index contributed by atoms with van der Waals surface area (Å²) in [6, 6.07) is 0.147. The van der Waals surface area contributed by atoms with Crippen LogP contribution >= 0.6 is 0 Å². The Morgan fingerprint density at radius 1 is 1.50 bits per heavy atom. The Balaban J connectivity index is 2.30. The van der Waals surface area contributed by atoms with E-state index in [1.54, 1.807) is 4.68 Å². The summed E-state index contributed by atoms with van der Waals surface area (Å²) >= 11 is 0. The number of carbonyl (C=O) groups excluding carboxylic acids is 1. The lowest BCUT2D eigenvalue weighted by atomic mass is 9.90. The first kappa shape index (κ1) is 9.18. The monoisotopic (exact) mass is 194 g/mol. The van der Waals surface area contributed by atoms with Crippen molar-refractivity contribution in [2.24, 2.45) is 13.0 Å². The van der Waals surface area contributed by atoms with Crippen LogP contribution in [-0.4, -0.2) is 26.9 Å². The second kappa shape index (κ2) is 3.08. The molecule has 1 fully saturated rings. The highest BCUT2D eigenvalue weighted by molar-refractivity contribution is 5.82. The Bertz CT molecular complexity index is 359. The van der Waals surface area contributed by atoms with E-state index >= 15 is 0 Å². The highest BCUT2D eigenvalue weighted by atomic mass is 16.2. The first-order valence-corrected chi connectivity index (χ1v) is 4.76. The summed E-state index contributed by atoms with van der Waals surface area (Å²) < 4.78 is 1.66. The van der Waals surface area contributed by atoms with Crippen molar-refractivity contribution in [1.29, 1.82) is 0 Å². The first-order chi connectivity index (χ1) is 6.59. The molecule has 0 aliphatic carbocycles. The Hall–Kier alpha value is -1.39. The maximum absolute atomic E-state index is 11.4. The Kier molecular flexibility index (Phi) is 2.02. The molecule has 76 valence electrons. The van der Waals surface area contributed by atoms with E-state index in [1.165, 1.54) is 0 Å². The van der Waals surface area contributed by atoms with Crippen molar-refractivity contribution in [3.05, 3.63) is 11.9 Å². The molecule has 1 aromatic heterocycles. The summed E-state index contributed by atoms with van der Waals surface area (Å²) in [7, 11) is 1.83. The average molecular weight is 194 g/mol. The van der Waals surface area contributed by atoms with Gasteiger partial charge in [-0.3, -0.25) is 9.48 Å². The number of carbonyl (C=O) groups is 1. The lowest BCUT2D eigenvalue weighted by Gasteiger charge is -2.13. The van der Waals surface area contributed by atoms with Crippen LogP contribution in [0.3, 0.4) is 0 Å². The van der Waals surface area contributed by atoms with Gasteiger partial charge in [0.2, 0.25) is 5.91 Å². The smallest absolute Gasteiger partial charge is 0.223 e. The van der Waals surface area contributed by atoms with E-state index in [9.17, 15) is 4.79 Å². The molecular formula is C9H14N4O. The van der Waals surface area contributed by atoms with Crippen LogP contribution in [0, 0.1) is 5.92 Å². The fourth-order valence-corrected chi connectivity index (χ4v) is 2.07. The SMILES string of the molecule is CC1NC(=O)C(C)C1c1cn(C)nn1. The highest BCUT2D eigenvalue weighted by Gasteiger charge is 2.39. The minimum Gasteiger partial charge on any atom is -0.353 e. The van der Waals surface area contributed by atoms with Crippen LogP contribution in [0.4, 0.5) is 0 Å². The predicted octanol–water partition coefficient (Wildman–Crippen LogP) is 0.0531. The van der Waals surface area contributed by atoms with Gasteiger partial charge in [0.15, 0.2) is 0 Å². The molecule has 5 heteroatoms. The van der Waals surface area contributed by atoms with E-state index in [4.69, 9.17) is 0 Å². The number of hydrogen-bond acceptors (Lipinski definition) is 3. The fourth-order valence-electron chi connectivity index (χ4n) is 2.07. The number of hydrogen-bond donors (Lipinski definition) is 1. The van der Waals surface area contributed by atoms with Gasteiger partial charge >= 0.3 is 0 Å². The third-order valence-electron chi connectivity index (χ3n) is 2.82. The second-order valence-corrected chi connectivity index (χ2v) is 3.93. The largest absolute Gasteiger partial charge is 0.353 e. The third kappa shape index (κ3) is 1.29. The zero-order valence-electron chi connectivity index (χ0n) is 8.56. The first-order valence-electron chi connectivity index (χ1n) is 4.76. The Labute approximate surface area is 82.5 Å². The molecule has 0 aromatic carbocycles. The van der Waals surface area contributed by atoms with Crippen molar-refractivity contribution in [2.75, 3.05) is 0 Å². The lowest BCUT2D eigenvalue weighted by molar-refractivity contribution is -0.122. The molecule has 1 saturated heterocycles. The topological polar surface area (TPSA) is 59.8 Å². The molecule has 1 N–H and O–H groups in total. The molecule has 3 atom stereocenters. The number of aromatic nitrogens is 3. The van der Waals surface area contributed by atoms with Gasteiger partial charge in [-0.15, -0.1) is 5.10 Å². The fraction of sp³-hybridized carbons (Fsp3) is 0.667. The van der Waals surface area contributed by atoms with Crippen molar-refractivity contribution in [1.82, 2.24) is 20.3 Å². The van der Waals surface area contributed by atoms with Gasteiger partial charge in [-0.05, 0) is 6.92 Å². The molecule has 0 saturated carbocycles. The van der Waals surface area contributed by atoms with E-state index in [-0.39, 0.29) is 23.8 Å². The quantitative estimate of drug-likeness (QED) is 0.687. The molecule has 0 spiro atoms.